The quantitative estimate of drug-likeness (QED) is 0.485. The van der Waals surface area contributed by atoms with Gasteiger partial charge in [-0.05, 0) is 42.3 Å². The first-order valence-electron chi connectivity index (χ1n) is 10.0. The fourth-order valence-corrected chi connectivity index (χ4v) is 4.58. The van der Waals surface area contributed by atoms with Gasteiger partial charge in [-0.15, -0.1) is 0 Å². The van der Waals surface area contributed by atoms with E-state index in [4.69, 9.17) is 23.2 Å². The fourth-order valence-electron chi connectivity index (χ4n) is 4.07. The smallest absolute Gasteiger partial charge is 0.0995 e. The molecule has 1 unspecified atom stereocenters. The van der Waals surface area contributed by atoms with Crippen LogP contribution in [0, 0.1) is 18.3 Å². The summed E-state index contributed by atoms with van der Waals surface area (Å²) in [6, 6.07) is 24.7. The molecule has 0 amide bonds. The molecule has 5 heteroatoms. The molecule has 1 fully saturated rings. The molecule has 4 rings (SSSR count). The van der Waals surface area contributed by atoms with Crippen molar-refractivity contribution in [3.63, 3.8) is 0 Å². The summed E-state index contributed by atoms with van der Waals surface area (Å²) in [6.45, 7) is 5.44. The summed E-state index contributed by atoms with van der Waals surface area (Å²) >= 11 is 12.7. The lowest BCUT2D eigenvalue weighted by molar-refractivity contribution is 0.215. The summed E-state index contributed by atoms with van der Waals surface area (Å²) in [6.07, 6.45) is 0. The third kappa shape index (κ3) is 4.47. The van der Waals surface area contributed by atoms with Crippen LogP contribution in [-0.4, -0.2) is 24.5 Å². The standard InChI is InChI=1S/C25H23Cl2N3/c1-18-6-8-19(9-7-18)25-17-29(16-21-5-3-2-4-20(21)15-28)12-13-30(25)24-11-10-22(26)14-23(24)27/h2-11,14,25H,12-13,16-17H2,1H3. The second-order valence-electron chi connectivity index (χ2n) is 7.72. The van der Waals surface area contributed by atoms with Gasteiger partial charge in [0.05, 0.1) is 28.4 Å². The molecule has 0 bridgehead atoms. The molecule has 1 saturated heterocycles. The molecule has 152 valence electrons. The van der Waals surface area contributed by atoms with Gasteiger partial charge in [-0.2, -0.15) is 5.26 Å². The molecule has 1 aliphatic rings. The molecule has 0 radical (unpaired) electrons. The van der Waals surface area contributed by atoms with Crippen LogP contribution in [0.2, 0.25) is 10.0 Å². The van der Waals surface area contributed by atoms with Crippen LogP contribution in [0.1, 0.15) is 28.3 Å². The number of nitrogens with zero attached hydrogens (tertiary/aromatic N) is 3. The van der Waals surface area contributed by atoms with E-state index in [1.807, 2.05) is 36.4 Å². The lowest BCUT2D eigenvalue weighted by Gasteiger charge is -2.43. The van der Waals surface area contributed by atoms with Crippen LogP contribution in [0.5, 0.6) is 0 Å². The molecule has 3 aromatic carbocycles. The van der Waals surface area contributed by atoms with E-state index in [9.17, 15) is 5.26 Å². The van der Waals surface area contributed by atoms with Crippen molar-refractivity contribution in [3.8, 4) is 6.07 Å². The Morgan fingerprint density at radius 3 is 2.50 bits per heavy atom. The van der Waals surface area contributed by atoms with Crippen molar-refractivity contribution >= 4 is 28.9 Å². The number of piperazine rings is 1. The largest absolute Gasteiger partial charge is 0.361 e. The third-order valence-corrected chi connectivity index (χ3v) is 6.22. The second kappa shape index (κ2) is 9.10. The summed E-state index contributed by atoms with van der Waals surface area (Å²) in [7, 11) is 0. The third-order valence-electron chi connectivity index (χ3n) is 5.68. The molecule has 0 aromatic heterocycles. The highest BCUT2D eigenvalue weighted by Gasteiger charge is 2.30. The van der Waals surface area contributed by atoms with E-state index in [0.29, 0.717) is 10.0 Å². The summed E-state index contributed by atoms with van der Waals surface area (Å²) in [5.74, 6) is 0. The Labute approximate surface area is 188 Å². The van der Waals surface area contributed by atoms with Crippen molar-refractivity contribution in [2.24, 2.45) is 0 Å². The Bertz CT molecular complexity index is 1070. The minimum atomic E-state index is 0.160. The zero-order valence-electron chi connectivity index (χ0n) is 16.9. The van der Waals surface area contributed by atoms with Crippen LogP contribution < -0.4 is 4.90 Å². The predicted molar refractivity (Wildman–Crippen MR) is 124 cm³/mol. The molecule has 0 N–H and O–H groups in total. The molecule has 3 nitrogen and oxygen atoms in total. The van der Waals surface area contributed by atoms with Gasteiger partial charge in [0.15, 0.2) is 0 Å². The summed E-state index contributed by atoms with van der Waals surface area (Å²) in [4.78, 5) is 4.79. The lowest BCUT2D eigenvalue weighted by atomic mass is 9.99. The zero-order chi connectivity index (χ0) is 21.1. The average molecular weight is 436 g/mol. The van der Waals surface area contributed by atoms with Crippen molar-refractivity contribution < 1.29 is 0 Å². The van der Waals surface area contributed by atoms with E-state index < -0.39 is 0 Å². The number of hydrogen-bond acceptors (Lipinski definition) is 3. The van der Waals surface area contributed by atoms with Crippen molar-refractivity contribution in [1.82, 2.24) is 4.90 Å². The maximum atomic E-state index is 9.45. The number of benzene rings is 3. The maximum Gasteiger partial charge on any atom is 0.0995 e. The van der Waals surface area contributed by atoms with Gasteiger partial charge in [0, 0.05) is 31.2 Å². The highest BCUT2D eigenvalue weighted by atomic mass is 35.5. The molecular weight excluding hydrogens is 413 g/mol. The first-order chi connectivity index (χ1) is 14.5. The lowest BCUT2D eigenvalue weighted by Crippen LogP contribution is -2.48. The molecule has 3 aromatic rings. The fraction of sp³-hybridized carbons (Fsp3) is 0.240. The van der Waals surface area contributed by atoms with Gasteiger partial charge >= 0.3 is 0 Å². The van der Waals surface area contributed by atoms with E-state index >= 15 is 0 Å². The SMILES string of the molecule is Cc1ccc(C2CN(Cc3ccccc3C#N)CCN2c2ccc(Cl)cc2Cl)cc1. The molecule has 0 spiro atoms. The van der Waals surface area contributed by atoms with Gasteiger partial charge in [-0.3, -0.25) is 4.90 Å². The predicted octanol–water partition coefficient (Wildman–Crippen LogP) is 6.24. The van der Waals surface area contributed by atoms with E-state index in [2.05, 4.69) is 47.1 Å². The van der Waals surface area contributed by atoms with Crippen molar-refractivity contribution in [2.45, 2.75) is 19.5 Å². The number of halogens is 2. The average Bonchev–Trinajstić information content (AvgIpc) is 2.75. The highest BCUT2D eigenvalue weighted by Crippen LogP contribution is 2.37. The number of hydrogen-bond donors (Lipinski definition) is 0. The van der Waals surface area contributed by atoms with Gasteiger partial charge in [-0.25, -0.2) is 0 Å². The Morgan fingerprint density at radius 2 is 1.77 bits per heavy atom. The van der Waals surface area contributed by atoms with E-state index in [-0.39, 0.29) is 6.04 Å². The van der Waals surface area contributed by atoms with Crippen molar-refractivity contribution in [3.05, 3.63) is 99.0 Å². The summed E-state index contributed by atoms with van der Waals surface area (Å²) in [5, 5.41) is 10.8. The van der Waals surface area contributed by atoms with Gasteiger partial charge in [0.2, 0.25) is 0 Å². The molecule has 0 aliphatic carbocycles. The van der Waals surface area contributed by atoms with Crippen LogP contribution in [0.4, 0.5) is 5.69 Å². The van der Waals surface area contributed by atoms with Crippen molar-refractivity contribution in [1.29, 1.82) is 5.26 Å². The minimum Gasteiger partial charge on any atom is -0.361 e. The van der Waals surface area contributed by atoms with Crippen LogP contribution in [-0.2, 0) is 6.54 Å². The first kappa shape index (κ1) is 20.8. The molecule has 1 atom stereocenters. The Hall–Kier alpha value is -2.51. The Morgan fingerprint density at radius 1 is 1.00 bits per heavy atom. The number of rotatable bonds is 4. The van der Waals surface area contributed by atoms with Gasteiger partial charge in [-0.1, -0.05) is 71.2 Å². The van der Waals surface area contributed by atoms with Crippen molar-refractivity contribution in [2.75, 3.05) is 24.5 Å². The number of aryl methyl sites for hydroxylation is 1. The zero-order valence-corrected chi connectivity index (χ0v) is 18.4. The van der Waals surface area contributed by atoms with Crippen LogP contribution in [0.3, 0.4) is 0 Å². The number of anilines is 1. The normalized spacial score (nSPS) is 17.0. The highest BCUT2D eigenvalue weighted by molar-refractivity contribution is 6.36. The van der Waals surface area contributed by atoms with Crippen LogP contribution >= 0.6 is 23.2 Å². The maximum absolute atomic E-state index is 9.45. The molecule has 0 saturated carbocycles. The van der Waals surface area contributed by atoms with Crippen LogP contribution in [0.25, 0.3) is 0 Å². The Balaban J connectivity index is 1.64. The van der Waals surface area contributed by atoms with Gasteiger partial charge < -0.3 is 4.90 Å². The van der Waals surface area contributed by atoms with Gasteiger partial charge in [0.1, 0.15) is 0 Å². The molecule has 1 aliphatic heterocycles. The Kier molecular flexibility index (Phi) is 6.29. The second-order valence-corrected chi connectivity index (χ2v) is 8.56. The minimum absolute atomic E-state index is 0.160. The monoisotopic (exact) mass is 435 g/mol. The van der Waals surface area contributed by atoms with Gasteiger partial charge in [0.25, 0.3) is 0 Å². The topological polar surface area (TPSA) is 30.3 Å². The number of nitriles is 1. The summed E-state index contributed by atoms with van der Waals surface area (Å²) in [5.41, 5.74) is 5.31. The van der Waals surface area contributed by atoms with E-state index in [0.717, 1.165) is 43.0 Å². The molecule has 30 heavy (non-hydrogen) atoms. The molecular formula is C25H23Cl2N3. The first-order valence-corrected chi connectivity index (χ1v) is 10.8. The molecule has 1 heterocycles. The van der Waals surface area contributed by atoms with Crippen LogP contribution in [0.15, 0.2) is 66.7 Å². The summed E-state index contributed by atoms with van der Waals surface area (Å²) < 4.78 is 0. The van der Waals surface area contributed by atoms with E-state index in [1.165, 1.54) is 11.1 Å². The van der Waals surface area contributed by atoms with E-state index in [1.54, 1.807) is 6.07 Å².